The largest absolute Gasteiger partial charge is 0.478 e. The highest BCUT2D eigenvalue weighted by Gasteiger charge is 2.53. The smallest absolute Gasteiger partial charge is 0.337 e. The van der Waals surface area contributed by atoms with Crippen LogP contribution in [0.5, 0.6) is 0 Å². The molecule has 3 rings (SSSR count). The number of halogens is 1. The highest BCUT2D eigenvalue weighted by molar-refractivity contribution is 5.87. The van der Waals surface area contributed by atoms with E-state index < -0.39 is 17.0 Å². The van der Waals surface area contributed by atoms with Crippen molar-refractivity contribution < 1.29 is 15.0 Å². The molecule has 1 aromatic carbocycles. The first-order valence-corrected chi connectivity index (χ1v) is 8.50. The summed E-state index contributed by atoms with van der Waals surface area (Å²) in [6, 6.07) is 9.44. The number of nitrogens with zero attached hydrogens (tertiary/aromatic N) is 1. The predicted molar refractivity (Wildman–Crippen MR) is 103 cm³/mol. The first-order chi connectivity index (χ1) is 11.8. The lowest BCUT2D eigenvalue weighted by Gasteiger charge is -2.52. The van der Waals surface area contributed by atoms with Crippen molar-refractivity contribution in [2.75, 3.05) is 13.1 Å². The minimum atomic E-state index is -1.31. The standard InChI is InChI=1S/C20H24N2O3.ClH/c1-13(2)14-4-6-16(7-5-14)20(25,19(3)11-22-12-19)17-8-15(18(23)24)9-21-10-17;/h4-10,13,22,25H,11-12H2,1-3H3,(H,23,24);1H/t20-;/m0./s1. The molecule has 1 aliphatic heterocycles. The first-order valence-electron chi connectivity index (χ1n) is 8.50. The van der Waals surface area contributed by atoms with Gasteiger partial charge in [0.05, 0.1) is 5.56 Å². The summed E-state index contributed by atoms with van der Waals surface area (Å²) in [5, 5.41) is 24.3. The van der Waals surface area contributed by atoms with Crippen molar-refractivity contribution in [2.45, 2.75) is 32.3 Å². The van der Waals surface area contributed by atoms with Crippen LogP contribution < -0.4 is 5.32 Å². The fourth-order valence-electron chi connectivity index (χ4n) is 3.48. The van der Waals surface area contributed by atoms with Crippen LogP contribution in [0.15, 0.2) is 42.7 Å². The van der Waals surface area contributed by atoms with Crippen molar-refractivity contribution >= 4 is 18.4 Å². The maximum Gasteiger partial charge on any atom is 0.337 e. The Morgan fingerprint density at radius 2 is 1.81 bits per heavy atom. The minimum absolute atomic E-state index is 0. The number of benzene rings is 1. The van der Waals surface area contributed by atoms with Crippen molar-refractivity contribution in [3.63, 3.8) is 0 Å². The predicted octanol–water partition coefficient (Wildman–Crippen LogP) is 3.17. The number of nitrogens with one attached hydrogen (secondary N) is 1. The summed E-state index contributed by atoms with van der Waals surface area (Å²) in [6.07, 6.45) is 2.86. The molecule has 1 atom stereocenters. The van der Waals surface area contributed by atoms with Gasteiger partial charge in [0.25, 0.3) is 0 Å². The van der Waals surface area contributed by atoms with Crippen molar-refractivity contribution in [2.24, 2.45) is 5.41 Å². The van der Waals surface area contributed by atoms with Gasteiger partial charge in [-0.2, -0.15) is 0 Å². The number of rotatable bonds is 5. The normalized spacial score (nSPS) is 17.7. The Balaban J connectivity index is 0.00000243. The van der Waals surface area contributed by atoms with Crippen molar-refractivity contribution in [1.29, 1.82) is 0 Å². The molecule has 3 N–H and O–H groups in total. The fourth-order valence-corrected chi connectivity index (χ4v) is 3.48. The molecule has 2 heterocycles. The Hall–Kier alpha value is -1.95. The Morgan fingerprint density at radius 1 is 1.19 bits per heavy atom. The van der Waals surface area contributed by atoms with Crippen LogP contribution in [0, 0.1) is 5.41 Å². The van der Waals surface area contributed by atoms with Gasteiger partial charge in [0.15, 0.2) is 0 Å². The SMILES string of the molecule is CC(C)c1ccc([C@](O)(c2cncc(C(=O)O)c2)C2(C)CNC2)cc1.Cl. The van der Waals surface area contributed by atoms with E-state index in [0.29, 0.717) is 24.6 Å². The van der Waals surface area contributed by atoms with E-state index >= 15 is 0 Å². The summed E-state index contributed by atoms with van der Waals surface area (Å²) in [5.41, 5.74) is 0.780. The molecule has 0 spiro atoms. The number of carbonyl (C=O) groups is 1. The molecule has 0 amide bonds. The van der Waals surface area contributed by atoms with Gasteiger partial charge in [-0.05, 0) is 23.1 Å². The van der Waals surface area contributed by atoms with Crippen molar-refractivity contribution in [3.05, 3.63) is 65.0 Å². The molecule has 0 aliphatic carbocycles. The van der Waals surface area contributed by atoms with Gasteiger partial charge in [0.2, 0.25) is 0 Å². The number of carboxylic acid groups (broad SMARTS) is 1. The lowest BCUT2D eigenvalue weighted by molar-refractivity contribution is -0.0769. The molecule has 0 radical (unpaired) electrons. The highest BCUT2D eigenvalue weighted by Crippen LogP contribution is 2.47. The van der Waals surface area contributed by atoms with Crippen LogP contribution in [0.4, 0.5) is 0 Å². The molecule has 140 valence electrons. The second-order valence-electron chi connectivity index (χ2n) is 7.42. The summed E-state index contributed by atoms with van der Waals surface area (Å²) >= 11 is 0. The average molecular weight is 377 g/mol. The Labute approximate surface area is 159 Å². The Bertz CT molecular complexity index is 788. The summed E-state index contributed by atoms with van der Waals surface area (Å²) in [6.45, 7) is 7.55. The molecule has 6 heteroatoms. The molecule has 0 bridgehead atoms. The van der Waals surface area contributed by atoms with E-state index in [2.05, 4.69) is 24.1 Å². The molecule has 2 aromatic rings. The fraction of sp³-hybridized carbons (Fsp3) is 0.400. The van der Waals surface area contributed by atoms with E-state index in [1.807, 2.05) is 31.2 Å². The lowest BCUT2D eigenvalue weighted by atomic mass is 9.63. The third-order valence-electron chi connectivity index (χ3n) is 5.30. The Kier molecular flexibility index (Phi) is 5.76. The number of carboxylic acids is 1. The number of hydrogen-bond acceptors (Lipinski definition) is 4. The summed E-state index contributed by atoms with van der Waals surface area (Å²) in [7, 11) is 0. The lowest BCUT2D eigenvalue weighted by Crippen LogP contribution is -2.63. The number of aromatic nitrogens is 1. The third kappa shape index (κ3) is 3.22. The quantitative estimate of drug-likeness (QED) is 0.746. The van der Waals surface area contributed by atoms with Gasteiger partial charge < -0.3 is 15.5 Å². The number of pyridine rings is 1. The van der Waals surface area contributed by atoms with Crippen LogP contribution in [0.1, 0.15) is 53.7 Å². The maximum absolute atomic E-state index is 11.8. The van der Waals surface area contributed by atoms with Gasteiger partial charge in [-0.1, -0.05) is 45.0 Å². The number of aliphatic hydroxyl groups is 1. The zero-order chi connectivity index (χ0) is 18.2. The van der Waals surface area contributed by atoms with Crippen LogP contribution in [0.3, 0.4) is 0 Å². The summed E-state index contributed by atoms with van der Waals surface area (Å²) in [5.74, 6) is -0.649. The van der Waals surface area contributed by atoms with Gasteiger partial charge in [0, 0.05) is 36.5 Å². The third-order valence-corrected chi connectivity index (χ3v) is 5.30. The van der Waals surface area contributed by atoms with E-state index in [4.69, 9.17) is 0 Å². The Morgan fingerprint density at radius 3 is 2.27 bits per heavy atom. The molecule has 0 saturated carbocycles. The van der Waals surface area contributed by atoms with Crippen LogP contribution in [0.2, 0.25) is 0 Å². The number of hydrogen-bond donors (Lipinski definition) is 3. The molecule has 5 nitrogen and oxygen atoms in total. The van der Waals surface area contributed by atoms with Gasteiger partial charge in [-0.25, -0.2) is 4.79 Å². The van der Waals surface area contributed by atoms with Crippen molar-refractivity contribution in [3.8, 4) is 0 Å². The second kappa shape index (κ2) is 7.35. The van der Waals surface area contributed by atoms with Gasteiger partial charge >= 0.3 is 5.97 Å². The van der Waals surface area contributed by atoms with Gasteiger partial charge in [-0.15, -0.1) is 12.4 Å². The summed E-state index contributed by atoms with van der Waals surface area (Å²) < 4.78 is 0. The minimum Gasteiger partial charge on any atom is -0.478 e. The molecule has 26 heavy (non-hydrogen) atoms. The van der Waals surface area contributed by atoms with Crippen LogP contribution in [-0.2, 0) is 5.60 Å². The molecule has 1 fully saturated rings. The van der Waals surface area contributed by atoms with E-state index in [1.54, 1.807) is 6.20 Å². The molecular weight excluding hydrogens is 352 g/mol. The molecule has 0 unspecified atom stereocenters. The monoisotopic (exact) mass is 376 g/mol. The van der Waals surface area contributed by atoms with E-state index in [1.165, 1.54) is 17.8 Å². The molecular formula is C20H25ClN2O3. The van der Waals surface area contributed by atoms with Crippen LogP contribution in [-0.4, -0.2) is 34.3 Å². The van der Waals surface area contributed by atoms with E-state index in [0.717, 1.165) is 5.56 Å². The zero-order valence-electron chi connectivity index (χ0n) is 15.2. The van der Waals surface area contributed by atoms with E-state index in [-0.39, 0.29) is 18.0 Å². The number of aromatic carboxylic acids is 1. The molecule has 1 saturated heterocycles. The van der Waals surface area contributed by atoms with Gasteiger partial charge in [0.1, 0.15) is 5.60 Å². The zero-order valence-corrected chi connectivity index (χ0v) is 16.0. The van der Waals surface area contributed by atoms with Crippen LogP contribution >= 0.6 is 12.4 Å². The topological polar surface area (TPSA) is 82.5 Å². The molecule has 1 aliphatic rings. The second-order valence-corrected chi connectivity index (χ2v) is 7.42. The summed E-state index contributed by atoms with van der Waals surface area (Å²) in [4.78, 5) is 15.4. The molecule has 1 aromatic heterocycles. The van der Waals surface area contributed by atoms with E-state index in [9.17, 15) is 15.0 Å². The van der Waals surface area contributed by atoms with Gasteiger partial charge in [-0.3, -0.25) is 4.98 Å². The van der Waals surface area contributed by atoms with Crippen molar-refractivity contribution in [1.82, 2.24) is 10.3 Å². The highest BCUT2D eigenvalue weighted by atomic mass is 35.5. The first kappa shape index (κ1) is 20.4. The maximum atomic E-state index is 11.8. The van der Waals surface area contributed by atoms with Crippen LogP contribution in [0.25, 0.3) is 0 Å². The average Bonchev–Trinajstić information content (AvgIpc) is 2.59.